The van der Waals surface area contributed by atoms with Crippen LogP contribution < -0.4 is 55.9 Å². The molecule has 2 aromatic heterocycles. The van der Waals surface area contributed by atoms with Crippen molar-refractivity contribution in [3.8, 4) is 78.8 Å². The number of halogens is 2. The number of pyridine rings is 2. The van der Waals surface area contributed by atoms with Crippen LogP contribution in [0.25, 0.3) is 67.3 Å². The van der Waals surface area contributed by atoms with Crippen LogP contribution in [0.3, 0.4) is 0 Å². The zero-order valence-electron chi connectivity index (χ0n) is 34.6. The molecule has 0 radical (unpaired) electrons. The van der Waals surface area contributed by atoms with Gasteiger partial charge in [0.15, 0.2) is 0 Å². The van der Waals surface area contributed by atoms with E-state index in [1.54, 1.807) is 14.2 Å². The minimum atomic E-state index is -4.94. The molecule has 6 aromatic carbocycles. The Morgan fingerprint density at radius 2 is 0.531 bits per heavy atom. The highest BCUT2D eigenvalue weighted by Crippen LogP contribution is 2.32. The van der Waals surface area contributed by atoms with Gasteiger partial charge in [-0.25, -0.2) is 37.3 Å². The zero-order chi connectivity index (χ0) is 45.7. The highest BCUT2D eigenvalue weighted by molar-refractivity contribution is 5.75. The van der Waals surface area contributed by atoms with Gasteiger partial charge in [0.2, 0.25) is 35.9 Å². The van der Waals surface area contributed by atoms with Crippen LogP contribution in [0.5, 0.6) is 11.5 Å². The molecule has 0 aliphatic carbocycles. The topological polar surface area (TPSA) is 211 Å². The molecule has 0 spiro atoms. The largest absolute Gasteiger partial charge is 0.497 e. The first-order chi connectivity index (χ1) is 30.7. The van der Waals surface area contributed by atoms with Crippen LogP contribution in [-0.2, 0) is 13.1 Å². The van der Waals surface area contributed by atoms with Gasteiger partial charge in [-0.1, -0.05) is 97.1 Å². The summed E-state index contributed by atoms with van der Waals surface area (Å²) in [6, 6.07) is 69.0. The molecule has 2 heterocycles. The summed E-state index contributed by atoms with van der Waals surface area (Å²) in [6.45, 7) is 1.45. The van der Waals surface area contributed by atoms with Gasteiger partial charge < -0.3 is 9.47 Å². The second-order valence-corrected chi connectivity index (χ2v) is 15.5. The minimum absolute atomic E-state index is 0.726. The maximum absolute atomic E-state index is 8.49. The molecular weight excluding hydrogens is 859 g/mol. The maximum atomic E-state index is 8.49. The Morgan fingerprint density at radius 1 is 0.312 bits per heavy atom. The third kappa shape index (κ3) is 13.5. The Bertz CT molecular complexity index is 2380. The maximum Gasteiger partial charge on any atom is 0.213 e. The van der Waals surface area contributed by atoms with Crippen molar-refractivity contribution < 1.29 is 76.4 Å². The van der Waals surface area contributed by atoms with Crippen LogP contribution in [0, 0.1) is 20.5 Å². The zero-order valence-corrected chi connectivity index (χ0v) is 36.1. The first kappa shape index (κ1) is 47.0. The van der Waals surface area contributed by atoms with E-state index in [0.29, 0.717) is 0 Å². The lowest BCUT2D eigenvalue weighted by Gasteiger charge is -2.17. The van der Waals surface area contributed by atoms with Crippen molar-refractivity contribution >= 4 is 0 Å². The normalized spacial score (nSPS) is 11.1. The Kier molecular flexibility index (Phi) is 15.9. The van der Waals surface area contributed by atoms with Crippen LogP contribution in [0.1, 0.15) is 0 Å². The Hall–Kier alpha value is -6.52. The predicted octanol–water partition coefficient (Wildman–Crippen LogP) is 1.47. The van der Waals surface area contributed by atoms with E-state index in [9.17, 15) is 0 Å². The van der Waals surface area contributed by atoms with E-state index in [2.05, 4.69) is 179 Å². The molecular formula is C50H42Cl2N2O10. The third-order valence-corrected chi connectivity index (χ3v) is 10.0. The van der Waals surface area contributed by atoms with Crippen molar-refractivity contribution in [1.29, 1.82) is 0 Å². The number of nitrogens with zero attached hydrogens (tertiary/aromatic N) is 2. The third-order valence-electron chi connectivity index (χ3n) is 10.0. The monoisotopic (exact) mass is 900 g/mol. The minimum Gasteiger partial charge on any atom is -0.497 e. The van der Waals surface area contributed by atoms with E-state index in [0.717, 1.165) is 91.9 Å². The molecule has 64 heavy (non-hydrogen) atoms. The molecule has 326 valence electrons. The summed E-state index contributed by atoms with van der Waals surface area (Å²) in [6.07, 6.45) is 0. The lowest BCUT2D eigenvalue weighted by atomic mass is 9.98. The number of aromatic nitrogens is 2. The lowest BCUT2D eigenvalue weighted by Crippen LogP contribution is -2.68. The standard InChI is InChI=1S/C50H42N2O2.2ClHO4/c1-53-45-27-23-37(24-28-45)43-33-47(39-15-7-3-8-16-39)51(48(34-43)40-17-9-4-10-18-40)31-32-52-49(41-19-11-5-12-20-41)35-44(38-25-29-46(54-2)30-26-38)36-50(52)42-21-13-6-14-22-42;2*2-1(3,4)5/h3-30,33-36H,31-32H2,1-2H3;2*(H,2,3,4,5)/q+2;;/p-2. The van der Waals surface area contributed by atoms with Gasteiger partial charge in [-0.05, 0) is 95.1 Å². The van der Waals surface area contributed by atoms with Gasteiger partial charge in [-0.15, -0.1) is 20.5 Å². The number of rotatable bonds is 11. The number of methoxy groups -OCH3 is 2. The fourth-order valence-corrected chi connectivity index (χ4v) is 7.22. The molecule has 12 nitrogen and oxygen atoms in total. The smallest absolute Gasteiger partial charge is 0.213 e. The van der Waals surface area contributed by atoms with E-state index >= 15 is 0 Å². The molecule has 0 N–H and O–H groups in total. The number of hydrogen-bond donors (Lipinski definition) is 0. The van der Waals surface area contributed by atoms with Gasteiger partial charge in [0.05, 0.1) is 14.2 Å². The van der Waals surface area contributed by atoms with Crippen molar-refractivity contribution in [3.63, 3.8) is 0 Å². The molecule has 0 unspecified atom stereocenters. The number of hydrogen-bond acceptors (Lipinski definition) is 10. The van der Waals surface area contributed by atoms with Crippen LogP contribution in [0.2, 0.25) is 0 Å². The van der Waals surface area contributed by atoms with E-state index < -0.39 is 20.5 Å². The van der Waals surface area contributed by atoms with Crippen molar-refractivity contribution in [1.82, 2.24) is 0 Å². The summed E-state index contributed by atoms with van der Waals surface area (Å²) in [5, 5.41) is 0. The average Bonchev–Trinajstić information content (AvgIpc) is 3.30. The highest BCUT2D eigenvalue weighted by atomic mass is 35.7. The molecule has 0 amide bonds. The summed E-state index contributed by atoms with van der Waals surface area (Å²) in [4.78, 5) is 0. The molecule has 14 heteroatoms. The van der Waals surface area contributed by atoms with Gasteiger partial charge in [0.25, 0.3) is 0 Å². The number of benzene rings is 6. The van der Waals surface area contributed by atoms with Crippen LogP contribution in [-0.4, -0.2) is 14.2 Å². The van der Waals surface area contributed by atoms with E-state index in [1.807, 2.05) is 24.3 Å². The van der Waals surface area contributed by atoms with Gasteiger partial charge in [0, 0.05) is 46.5 Å². The quantitative estimate of drug-likeness (QED) is 0.171. The Labute approximate surface area is 375 Å². The van der Waals surface area contributed by atoms with E-state index in [4.69, 9.17) is 46.7 Å². The molecule has 8 rings (SSSR count). The lowest BCUT2D eigenvalue weighted by molar-refractivity contribution is -2.00. The second-order valence-electron chi connectivity index (χ2n) is 14.0. The average molecular weight is 902 g/mol. The van der Waals surface area contributed by atoms with Crippen LogP contribution in [0.4, 0.5) is 0 Å². The van der Waals surface area contributed by atoms with Gasteiger partial charge >= 0.3 is 0 Å². The molecule has 0 saturated carbocycles. The van der Waals surface area contributed by atoms with Crippen LogP contribution >= 0.6 is 0 Å². The molecule has 8 aromatic rings. The molecule has 0 fully saturated rings. The molecule has 0 saturated heterocycles. The van der Waals surface area contributed by atoms with Crippen molar-refractivity contribution in [3.05, 3.63) is 194 Å². The van der Waals surface area contributed by atoms with Crippen molar-refractivity contribution in [2.24, 2.45) is 0 Å². The van der Waals surface area contributed by atoms with Crippen LogP contribution in [0.15, 0.2) is 194 Å². The van der Waals surface area contributed by atoms with E-state index in [1.165, 1.54) is 0 Å². The van der Waals surface area contributed by atoms with E-state index in [-0.39, 0.29) is 0 Å². The molecule has 0 aliphatic heterocycles. The summed E-state index contributed by atoms with van der Waals surface area (Å²) in [5.41, 5.74) is 13.8. The molecule has 0 bridgehead atoms. The van der Waals surface area contributed by atoms with Crippen molar-refractivity contribution in [2.75, 3.05) is 14.2 Å². The number of ether oxygens (including phenoxy) is 2. The fourth-order valence-electron chi connectivity index (χ4n) is 7.22. The van der Waals surface area contributed by atoms with Gasteiger partial charge in [-0.3, -0.25) is 0 Å². The first-order valence-corrected chi connectivity index (χ1v) is 22.0. The highest BCUT2D eigenvalue weighted by Gasteiger charge is 2.28. The summed E-state index contributed by atoms with van der Waals surface area (Å²) in [5.74, 6) is 1.68. The predicted molar refractivity (Wildman–Crippen MR) is 219 cm³/mol. The first-order valence-electron chi connectivity index (χ1n) is 19.6. The second kappa shape index (κ2) is 21.7. The molecule has 0 aliphatic rings. The Morgan fingerprint density at radius 3 is 0.734 bits per heavy atom. The summed E-state index contributed by atoms with van der Waals surface area (Å²) >= 11 is 0. The van der Waals surface area contributed by atoms with Gasteiger partial charge in [-0.2, -0.15) is 9.13 Å². The Balaban J connectivity index is 0.000000615. The van der Waals surface area contributed by atoms with Crippen molar-refractivity contribution in [2.45, 2.75) is 13.1 Å². The summed E-state index contributed by atoms with van der Waals surface area (Å²) < 4.78 is 83.9. The molecule has 0 atom stereocenters. The SMILES string of the molecule is COc1ccc(-c2cc(-c3ccccc3)[n+](CC[n+]3c(-c4ccccc4)cc(-c4ccc(OC)cc4)cc3-c3ccccc3)c(-c3ccccc3)c2)cc1.[O-][Cl+3]([O-])([O-])[O-].[O-][Cl+3]([O-])([O-])[O-]. The fraction of sp³-hybridized carbons (Fsp3) is 0.0800. The van der Waals surface area contributed by atoms with Gasteiger partial charge in [0.1, 0.15) is 11.5 Å². The summed E-state index contributed by atoms with van der Waals surface area (Å²) in [7, 11) is -6.48.